The predicted octanol–water partition coefficient (Wildman–Crippen LogP) is 1.86. The molecule has 0 atom stereocenters. The number of amides is 1. The fourth-order valence-electron chi connectivity index (χ4n) is 1.85. The Bertz CT molecular complexity index is 428. The van der Waals surface area contributed by atoms with E-state index in [1.165, 1.54) is 0 Å². The van der Waals surface area contributed by atoms with Crippen LogP contribution in [0.25, 0.3) is 0 Å². The summed E-state index contributed by atoms with van der Waals surface area (Å²) >= 11 is 0. The average molecular weight is 264 g/mol. The molecule has 0 heterocycles. The van der Waals surface area contributed by atoms with Crippen LogP contribution in [0.4, 0.5) is 5.69 Å². The van der Waals surface area contributed by atoms with Crippen LogP contribution in [0.3, 0.4) is 0 Å². The number of hydrogen-bond donors (Lipinski definition) is 3. The molecule has 0 aliphatic rings. The molecule has 0 bridgehead atoms. The van der Waals surface area contributed by atoms with Crippen LogP contribution < -0.4 is 10.6 Å². The topological polar surface area (TPSA) is 78.4 Å². The minimum Gasteiger partial charge on any atom is -0.480 e. The van der Waals surface area contributed by atoms with Crippen molar-refractivity contribution in [3.05, 3.63) is 30.3 Å². The van der Waals surface area contributed by atoms with E-state index >= 15 is 0 Å². The number of carboxylic acids is 1. The highest BCUT2D eigenvalue weighted by Gasteiger charge is 2.34. The number of anilines is 1. The number of carbonyl (C=O) groups is 2. The van der Waals surface area contributed by atoms with Gasteiger partial charge < -0.3 is 10.4 Å². The molecular formula is C14H20N2O3. The zero-order valence-electron chi connectivity index (χ0n) is 11.3. The second-order valence-electron chi connectivity index (χ2n) is 4.36. The molecule has 1 aromatic rings. The van der Waals surface area contributed by atoms with E-state index < -0.39 is 11.5 Å². The van der Waals surface area contributed by atoms with Crippen molar-refractivity contribution in [3.8, 4) is 0 Å². The number of benzene rings is 1. The van der Waals surface area contributed by atoms with Crippen molar-refractivity contribution in [2.45, 2.75) is 32.2 Å². The molecule has 0 aliphatic carbocycles. The van der Waals surface area contributed by atoms with Crippen LogP contribution in [0.15, 0.2) is 30.3 Å². The second-order valence-corrected chi connectivity index (χ2v) is 4.36. The molecule has 0 fully saturated rings. The van der Waals surface area contributed by atoms with Crippen LogP contribution >= 0.6 is 0 Å². The summed E-state index contributed by atoms with van der Waals surface area (Å²) in [5, 5.41) is 14.8. The van der Waals surface area contributed by atoms with E-state index in [0.717, 1.165) is 0 Å². The summed E-state index contributed by atoms with van der Waals surface area (Å²) in [6.07, 6.45) is 0.856. The van der Waals surface area contributed by atoms with Gasteiger partial charge >= 0.3 is 5.97 Å². The Kier molecular flexibility index (Phi) is 5.51. The van der Waals surface area contributed by atoms with Crippen LogP contribution in [0.5, 0.6) is 0 Å². The van der Waals surface area contributed by atoms with Crippen molar-refractivity contribution in [1.29, 1.82) is 0 Å². The van der Waals surface area contributed by atoms with Gasteiger partial charge in [-0.15, -0.1) is 0 Å². The molecule has 1 rings (SSSR count). The molecule has 0 spiro atoms. The molecule has 1 amide bonds. The molecule has 1 aromatic carbocycles. The number of nitrogens with one attached hydrogen (secondary N) is 2. The molecule has 104 valence electrons. The number of carboxylic acid groups (broad SMARTS) is 1. The molecule has 0 aromatic heterocycles. The molecule has 5 nitrogen and oxygen atoms in total. The highest BCUT2D eigenvalue weighted by atomic mass is 16.4. The second kappa shape index (κ2) is 6.89. The van der Waals surface area contributed by atoms with Crippen LogP contribution in [0.1, 0.15) is 26.7 Å². The summed E-state index contributed by atoms with van der Waals surface area (Å²) in [7, 11) is 0. The third-order valence-electron chi connectivity index (χ3n) is 3.26. The van der Waals surface area contributed by atoms with Crippen LogP contribution in [0, 0.1) is 0 Å². The molecule has 0 saturated heterocycles. The van der Waals surface area contributed by atoms with Gasteiger partial charge in [-0.1, -0.05) is 32.0 Å². The van der Waals surface area contributed by atoms with Gasteiger partial charge in [-0.05, 0) is 25.0 Å². The van der Waals surface area contributed by atoms with Crippen LogP contribution in [-0.2, 0) is 9.59 Å². The van der Waals surface area contributed by atoms with Gasteiger partial charge in [0.15, 0.2) is 0 Å². The molecule has 5 heteroatoms. The Labute approximate surface area is 113 Å². The molecular weight excluding hydrogens is 244 g/mol. The largest absolute Gasteiger partial charge is 0.480 e. The first-order chi connectivity index (χ1) is 9.04. The van der Waals surface area contributed by atoms with Crippen molar-refractivity contribution < 1.29 is 14.7 Å². The van der Waals surface area contributed by atoms with Crippen molar-refractivity contribution in [2.24, 2.45) is 0 Å². The normalized spacial score (nSPS) is 11.1. The van der Waals surface area contributed by atoms with E-state index in [-0.39, 0.29) is 12.5 Å². The predicted molar refractivity (Wildman–Crippen MR) is 74.0 cm³/mol. The Hall–Kier alpha value is -1.88. The first kappa shape index (κ1) is 15.2. The number of aliphatic carboxylic acids is 1. The Balaban J connectivity index is 2.56. The van der Waals surface area contributed by atoms with E-state index in [4.69, 9.17) is 0 Å². The number of rotatable bonds is 7. The summed E-state index contributed by atoms with van der Waals surface area (Å²) < 4.78 is 0. The quantitative estimate of drug-likeness (QED) is 0.702. The minimum atomic E-state index is -1.03. The van der Waals surface area contributed by atoms with Crippen molar-refractivity contribution in [1.82, 2.24) is 5.32 Å². The lowest BCUT2D eigenvalue weighted by atomic mass is 9.93. The molecule has 0 radical (unpaired) electrons. The summed E-state index contributed by atoms with van der Waals surface area (Å²) in [6.45, 7) is 3.56. The Morgan fingerprint density at radius 1 is 1.16 bits per heavy atom. The fourth-order valence-corrected chi connectivity index (χ4v) is 1.85. The van der Waals surface area contributed by atoms with Gasteiger partial charge in [-0.25, -0.2) is 0 Å². The zero-order valence-corrected chi connectivity index (χ0v) is 11.3. The Morgan fingerprint density at radius 2 is 1.74 bits per heavy atom. The number of carbonyl (C=O) groups excluding carboxylic acids is 1. The first-order valence-electron chi connectivity index (χ1n) is 6.37. The maximum absolute atomic E-state index is 11.7. The fraction of sp³-hybridized carbons (Fsp3) is 0.429. The monoisotopic (exact) mass is 264 g/mol. The van der Waals surface area contributed by atoms with Gasteiger partial charge in [-0.2, -0.15) is 0 Å². The molecule has 0 aliphatic heterocycles. The van der Waals surface area contributed by atoms with E-state index in [1.807, 2.05) is 18.2 Å². The summed E-state index contributed by atoms with van der Waals surface area (Å²) in [4.78, 5) is 23.0. The SMILES string of the molecule is CCC(CC)(NCC(=O)Nc1ccccc1)C(=O)O. The van der Waals surface area contributed by atoms with Gasteiger partial charge in [0.05, 0.1) is 6.54 Å². The molecule has 0 saturated carbocycles. The summed E-state index contributed by atoms with van der Waals surface area (Å²) in [5.74, 6) is -1.18. The lowest BCUT2D eigenvalue weighted by Crippen LogP contribution is -2.53. The van der Waals surface area contributed by atoms with Crippen molar-refractivity contribution >= 4 is 17.6 Å². The van der Waals surface area contributed by atoms with Gasteiger partial charge in [0.25, 0.3) is 0 Å². The first-order valence-corrected chi connectivity index (χ1v) is 6.37. The van der Waals surface area contributed by atoms with E-state index in [9.17, 15) is 14.7 Å². The lowest BCUT2D eigenvalue weighted by Gasteiger charge is -2.27. The third-order valence-corrected chi connectivity index (χ3v) is 3.26. The van der Waals surface area contributed by atoms with Gasteiger partial charge in [0, 0.05) is 5.69 Å². The van der Waals surface area contributed by atoms with Crippen molar-refractivity contribution in [2.75, 3.05) is 11.9 Å². The Morgan fingerprint density at radius 3 is 2.21 bits per heavy atom. The lowest BCUT2D eigenvalue weighted by molar-refractivity contribution is -0.145. The highest BCUT2D eigenvalue weighted by Crippen LogP contribution is 2.15. The highest BCUT2D eigenvalue weighted by molar-refractivity contribution is 5.92. The van der Waals surface area contributed by atoms with Crippen molar-refractivity contribution in [3.63, 3.8) is 0 Å². The summed E-state index contributed by atoms with van der Waals surface area (Å²) in [5.41, 5.74) is -0.336. The van der Waals surface area contributed by atoms with Crippen LogP contribution in [-0.4, -0.2) is 29.1 Å². The van der Waals surface area contributed by atoms with Gasteiger partial charge in [0.2, 0.25) is 5.91 Å². The minimum absolute atomic E-state index is 0.0249. The van der Waals surface area contributed by atoms with E-state index in [2.05, 4.69) is 10.6 Å². The molecule has 3 N–H and O–H groups in total. The average Bonchev–Trinajstić information content (AvgIpc) is 2.41. The number of para-hydroxylation sites is 1. The maximum atomic E-state index is 11.7. The molecule has 19 heavy (non-hydrogen) atoms. The van der Waals surface area contributed by atoms with Crippen LogP contribution in [0.2, 0.25) is 0 Å². The van der Waals surface area contributed by atoms with E-state index in [0.29, 0.717) is 18.5 Å². The summed E-state index contributed by atoms with van der Waals surface area (Å²) in [6, 6.07) is 9.06. The van der Waals surface area contributed by atoms with Gasteiger partial charge in [-0.3, -0.25) is 14.9 Å². The van der Waals surface area contributed by atoms with Gasteiger partial charge in [0.1, 0.15) is 5.54 Å². The third kappa shape index (κ3) is 4.06. The standard InChI is InChI=1S/C14H20N2O3/c1-3-14(4-2,13(18)19)15-10-12(17)16-11-8-6-5-7-9-11/h5-9,15H,3-4,10H2,1-2H3,(H,16,17)(H,18,19). The zero-order chi connectivity index (χ0) is 14.3. The van der Waals surface area contributed by atoms with E-state index in [1.54, 1.807) is 26.0 Å². The number of hydrogen-bond acceptors (Lipinski definition) is 3. The molecule has 0 unspecified atom stereocenters. The maximum Gasteiger partial charge on any atom is 0.323 e. The smallest absolute Gasteiger partial charge is 0.323 e.